The zero-order valence-corrected chi connectivity index (χ0v) is 15.7. The molecule has 0 aromatic heterocycles. The third-order valence-electron chi connectivity index (χ3n) is 4.21. The molecule has 0 fully saturated rings. The predicted octanol–water partition coefficient (Wildman–Crippen LogP) is 3.76. The lowest BCUT2D eigenvalue weighted by atomic mass is 10.1. The van der Waals surface area contributed by atoms with Crippen molar-refractivity contribution < 1.29 is 4.74 Å². The molecule has 6 nitrogen and oxygen atoms in total. The maximum absolute atomic E-state index is 6.03. The molecule has 2 aliphatic heterocycles. The summed E-state index contributed by atoms with van der Waals surface area (Å²) in [6.45, 7) is 0.760. The number of methoxy groups -OCH3 is 1. The van der Waals surface area contributed by atoms with Crippen LogP contribution in [0.1, 0.15) is 5.56 Å². The van der Waals surface area contributed by atoms with Gasteiger partial charge in [-0.15, -0.1) is 0 Å². The average Bonchev–Trinajstić information content (AvgIpc) is 3.13. The molecule has 0 aliphatic carbocycles. The van der Waals surface area contributed by atoms with E-state index in [0.29, 0.717) is 16.7 Å². The normalized spacial score (nSPS) is 11.0. The Balaban J connectivity index is 1.60. The highest BCUT2D eigenvalue weighted by molar-refractivity contribution is 7.99. The lowest BCUT2D eigenvalue weighted by Crippen LogP contribution is -2.09. The zero-order chi connectivity index (χ0) is 18.6. The Morgan fingerprint density at radius 2 is 1.93 bits per heavy atom. The van der Waals surface area contributed by atoms with Gasteiger partial charge in [-0.05, 0) is 41.9 Å². The number of aryl methyl sites for hydroxylation is 2. The second-order valence-corrected chi connectivity index (χ2v) is 7.06. The highest BCUT2D eigenvalue weighted by atomic mass is 32.2. The van der Waals surface area contributed by atoms with Crippen LogP contribution in [0.25, 0.3) is 11.5 Å². The minimum Gasteiger partial charge on any atom is -0.497 e. The van der Waals surface area contributed by atoms with E-state index in [1.165, 1.54) is 17.3 Å². The van der Waals surface area contributed by atoms with Crippen molar-refractivity contribution in [2.75, 3.05) is 12.8 Å². The fraction of sp³-hybridized carbons (Fsp3) is 0.150. The summed E-state index contributed by atoms with van der Waals surface area (Å²) in [6.07, 6.45) is 2.62. The summed E-state index contributed by atoms with van der Waals surface area (Å²) in [6, 6.07) is 18.1. The minimum atomic E-state index is 0.394. The number of aromatic nitrogens is 4. The Hall–Kier alpha value is -3.06. The van der Waals surface area contributed by atoms with Gasteiger partial charge in [0.05, 0.1) is 13.4 Å². The van der Waals surface area contributed by atoms with Gasteiger partial charge in [-0.1, -0.05) is 36.4 Å². The maximum atomic E-state index is 6.03. The molecule has 0 spiro atoms. The van der Waals surface area contributed by atoms with Crippen molar-refractivity contribution in [1.82, 2.24) is 19.5 Å². The number of rotatable bonds is 6. The largest absolute Gasteiger partial charge is 0.497 e. The molecule has 7 heteroatoms. The number of nitrogen functional groups attached to an aromatic ring is 1. The number of ether oxygens (including phenoxy) is 1. The molecule has 2 aromatic carbocycles. The van der Waals surface area contributed by atoms with Crippen LogP contribution >= 0.6 is 11.8 Å². The topological polar surface area (TPSA) is 78.9 Å². The standard InChI is InChI=1S/C20H19N5OS/c1-26-15-8-5-9-16(12-15)27-20-23-17-18(21)22-13-25(19(17)24-20)11-10-14-6-3-2-4-7-14/h2-9,12-13H,10-11,21H2,1H3. The van der Waals surface area contributed by atoms with Gasteiger partial charge in [0.1, 0.15) is 5.75 Å². The van der Waals surface area contributed by atoms with Crippen molar-refractivity contribution in [3.05, 3.63) is 66.5 Å². The van der Waals surface area contributed by atoms with Gasteiger partial charge in [-0.2, -0.15) is 0 Å². The monoisotopic (exact) mass is 377 g/mol. The number of nitrogens with two attached hydrogens (primary N) is 1. The first-order valence-electron chi connectivity index (χ1n) is 8.57. The van der Waals surface area contributed by atoms with Gasteiger partial charge in [0, 0.05) is 11.4 Å². The third-order valence-corrected chi connectivity index (χ3v) is 5.06. The van der Waals surface area contributed by atoms with Gasteiger partial charge in [-0.25, -0.2) is 15.0 Å². The van der Waals surface area contributed by atoms with E-state index in [0.717, 1.165) is 29.4 Å². The third kappa shape index (κ3) is 3.88. The molecule has 2 N–H and O–H groups in total. The minimum absolute atomic E-state index is 0.394. The summed E-state index contributed by atoms with van der Waals surface area (Å²) in [4.78, 5) is 14.6. The molecule has 27 heavy (non-hydrogen) atoms. The van der Waals surface area contributed by atoms with Crippen LogP contribution in [0.2, 0.25) is 0 Å². The second kappa shape index (κ2) is 7.67. The highest BCUT2D eigenvalue weighted by Gasteiger charge is 2.19. The summed E-state index contributed by atoms with van der Waals surface area (Å²) in [5.41, 5.74) is 7.93. The van der Waals surface area contributed by atoms with Crippen molar-refractivity contribution in [2.24, 2.45) is 0 Å². The number of anilines is 1. The molecule has 2 aliphatic rings. The van der Waals surface area contributed by atoms with Crippen LogP contribution in [-0.4, -0.2) is 26.6 Å². The maximum Gasteiger partial charge on any atom is 0.195 e. The van der Waals surface area contributed by atoms with E-state index < -0.39 is 0 Å². The molecule has 4 rings (SSSR count). The molecule has 0 saturated carbocycles. The average molecular weight is 377 g/mol. The SMILES string of the molecule is COc1cccc(Sc2nc3c(N)ncn(CCc4ccccc4)c-3n2)c1. The van der Waals surface area contributed by atoms with E-state index >= 15 is 0 Å². The summed E-state index contributed by atoms with van der Waals surface area (Å²) in [7, 11) is 1.65. The number of nitrogens with zero attached hydrogens (tertiary/aromatic N) is 4. The summed E-state index contributed by atoms with van der Waals surface area (Å²) in [5, 5.41) is 0.645. The van der Waals surface area contributed by atoms with Gasteiger partial charge < -0.3 is 15.0 Å². The Morgan fingerprint density at radius 3 is 2.74 bits per heavy atom. The first-order chi connectivity index (χ1) is 13.2. The highest BCUT2D eigenvalue weighted by Crippen LogP contribution is 2.32. The molecule has 2 heterocycles. The zero-order valence-electron chi connectivity index (χ0n) is 14.9. The molecule has 0 unspecified atom stereocenters. The van der Waals surface area contributed by atoms with Crippen molar-refractivity contribution in [1.29, 1.82) is 0 Å². The van der Waals surface area contributed by atoms with Crippen molar-refractivity contribution >= 4 is 17.6 Å². The van der Waals surface area contributed by atoms with E-state index in [1.54, 1.807) is 13.4 Å². The van der Waals surface area contributed by atoms with Crippen LogP contribution in [0.15, 0.2) is 71.0 Å². The van der Waals surface area contributed by atoms with E-state index in [1.807, 2.05) is 47.0 Å². The molecule has 0 atom stereocenters. The quantitative estimate of drug-likeness (QED) is 0.551. The lowest BCUT2D eigenvalue weighted by Gasteiger charge is -2.11. The van der Waals surface area contributed by atoms with E-state index in [9.17, 15) is 0 Å². The van der Waals surface area contributed by atoms with Crippen LogP contribution in [-0.2, 0) is 13.0 Å². The lowest BCUT2D eigenvalue weighted by molar-refractivity contribution is 0.413. The molecule has 0 bridgehead atoms. The molecular formula is C20H19N5OS. The number of hydrogen-bond donors (Lipinski definition) is 1. The van der Waals surface area contributed by atoms with Crippen molar-refractivity contribution in [3.63, 3.8) is 0 Å². The van der Waals surface area contributed by atoms with Gasteiger partial charge >= 0.3 is 0 Å². The Kier molecular flexibility index (Phi) is 4.93. The van der Waals surface area contributed by atoms with Crippen LogP contribution in [0.3, 0.4) is 0 Å². The molecule has 2 aromatic rings. The predicted molar refractivity (Wildman–Crippen MR) is 106 cm³/mol. The first kappa shape index (κ1) is 17.4. The fourth-order valence-electron chi connectivity index (χ4n) is 2.81. The van der Waals surface area contributed by atoms with E-state index in [2.05, 4.69) is 22.1 Å². The van der Waals surface area contributed by atoms with Gasteiger partial charge in [0.15, 0.2) is 22.5 Å². The van der Waals surface area contributed by atoms with Crippen LogP contribution < -0.4 is 10.5 Å². The molecule has 0 amide bonds. The summed E-state index contributed by atoms with van der Waals surface area (Å²) < 4.78 is 7.28. The van der Waals surface area contributed by atoms with Gasteiger partial charge in [0.2, 0.25) is 0 Å². The first-order valence-corrected chi connectivity index (χ1v) is 9.39. The molecule has 0 radical (unpaired) electrons. The second-order valence-electron chi connectivity index (χ2n) is 6.02. The summed E-state index contributed by atoms with van der Waals surface area (Å²) in [5.74, 6) is 1.95. The van der Waals surface area contributed by atoms with Crippen LogP contribution in [0, 0.1) is 0 Å². The Morgan fingerprint density at radius 1 is 1.07 bits per heavy atom. The fourth-order valence-corrected chi connectivity index (χ4v) is 3.61. The van der Waals surface area contributed by atoms with Crippen molar-refractivity contribution in [2.45, 2.75) is 23.0 Å². The Bertz CT molecular complexity index is 1020. The van der Waals surface area contributed by atoms with Gasteiger partial charge in [0.25, 0.3) is 0 Å². The molecular weight excluding hydrogens is 358 g/mol. The van der Waals surface area contributed by atoms with Crippen LogP contribution in [0.4, 0.5) is 5.82 Å². The van der Waals surface area contributed by atoms with Gasteiger partial charge in [-0.3, -0.25) is 0 Å². The van der Waals surface area contributed by atoms with E-state index in [4.69, 9.17) is 15.5 Å². The van der Waals surface area contributed by atoms with Crippen molar-refractivity contribution in [3.8, 4) is 17.3 Å². The van der Waals surface area contributed by atoms with E-state index in [-0.39, 0.29) is 0 Å². The number of hydrogen-bond acceptors (Lipinski definition) is 6. The number of fused-ring (bicyclic) bond motifs is 1. The number of imidazole rings is 1. The van der Waals surface area contributed by atoms with Crippen LogP contribution in [0.5, 0.6) is 5.75 Å². The molecule has 136 valence electrons. The smallest absolute Gasteiger partial charge is 0.195 e. The number of benzene rings is 2. The molecule has 0 saturated heterocycles. The Labute approximate surface area is 161 Å². The summed E-state index contributed by atoms with van der Waals surface area (Å²) >= 11 is 1.48.